The van der Waals surface area contributed by atoms with Crippen LogP contribution in [-0.4, -0.2) is 18.4 Å². The van der Waals surface area contributed by atoms with Gasteiger partial charge in [0.25, 0.3) is 0 Å². The monoisotopic (exact) mass is 310 g/mol. The van der Waals surface area contributed by atoms with Crippen molar-refractivity contribution in [2.45, 2.75) is 19.8 Å². The van der Waals surface area contributed by atoms with E-state index in [2.05, 4.69) is 0 Å². The molecule has 3 rings (SSSR count). The van der Waals surface area contributed by atoms with Gasteiger partial charge in [-0.1, -0.05) is 12.1 Å². The van der Waals surface area contributed by atoms with Gasteiger partial charge in [-0.2, -0.15) is 0 Å². The van der Waals surface area contributed by atoms with E-state index >= 15 is 0 Å². The topological polar surface area (TPSA) is 72.6 Å². The Morgan fingerprint density at radius 3 is 2.65 bits per heavy atom. The number of aryl methyl sites for hydroxylation is 1. The van der Waals surface area contributed by atoms with E-state index in [1.807, 2.05) is 18.2 Å². The van der Waals surface area contributed by atoms with Crippen LogP contribution in [0.15, 0.2) is 42.5 Å². The maximum Gasteiger partial charge on any atom is 0.248 e. The first-order valence-corrected chi connectivity index (χ1v) is 7.53. The van der Waals surface area contributed by atoms with Gasteiger partial charge < -0.3 is 15.4 Å². The summed E-state index contributed by atoms with van der Waals surface area (Å²) in [6.45, 7) is 2.29. The van der Waals surface area contributed by atoms with Crippen molar-refractivity contribution < 1.29 is 14.3 Å². The van der Waals surface area contributed by atoms with E-state index in [1.54, 1.807) is 36.1 Å². The average Bonchev–Trinajstić information content (AvgIpc) is 2.54. The van der Waals surface area contributed by atoms with Crippen LogP contribution >= 0.6 is 0 Å². The van der Waals surface area contributed by atoms with Crippen molar-refractivity contribution >= 4 is 17.5 Å². The van der Waals surface area contributed by atoms with Crippen molar-refractivity contribution in [1.29, 1.82) is 0 Å². The SMILES string of the molecule is CC(=O)N1CCCc2ccc(Oc3cccc(C(N)=O)c3)cc21. The summed E-state index contributed by atoms with van der Waals surface area (Å²) >= 11 is 0. The lowest BCUT2D eigenvalue weighted by molar-refractivity contribution is -0.116. The Bertz CT molecular complexity index is 771. The Hall–Kier alpha value is -2.82. The fraction of sp³-hybridized carbons (Fsp3) is 0.222. The molecule has 2 aromatic carbocycles. The van der Waals surface area contributed by atoms with Gasteiger partial charge in [-0.15, -0.1) is 0 Å². The third-order valence-corrected chi connectivity index (χ3v) is 3.91. The summed E-state index contributed by atoms with van der Waals surface area (Å²) < 4.78 is 5.82. The molecule has 5 heteroatoms. The van der Waals surface area contributed by atoms with Crippen LogP contribution in [0.25, 0.3) is 0 Å². The van der Waals surface area contributed by atoms with E-state index in [1.165, 1.54) is 0 Å². The third-order valence-electron chi connectivity index (χ3n) is 3.91. The highest BCUT2D eigenvalue weighted by molar-refractivity contribution is 5.93. The number of carbonyl (C=O) groups excluding carboxylic acids is 2. The normalized spacial score (nSPS) is 13.3. The van der Waals surface area contributed by atoms with E-state index in [9.17, 15) is 9.59 Å². The van der Waals surface area contributed by atoms with Gasteiger partial charge >= 0.3 is 0 Å². The molecule has 118 valence electrons. The van der Waals surface area contributed by atoms with Crippen molar-refractivity contribution in [2.75, 3.05) is 11.4 Å². The number of fused-ring (bicyclic) bond motifs is 1. The summed E-state index contributed by atoms with van der Waals surface area (Å²) in [6.07, 6.45) is 1.92. The second kappa shape index (κ2) is 6.12. The Labute approximate surface area is 134 Å². The van der Waals surface area contributed by atoms with Gasteiger partial charge in [0, 0.05) is 25.1 Å². The van der Waals surface area contributed by atoms with Crippen LogP contribution in [0.1, 0.15) is 29.3 Å². The Balaban J connectivity index is 1.90. The summed E-state index contributed by atoms with van der Waals surface area (Å²) in [4.78, 5) is 24.8. The summed E-state index contributed by atoms with van der Waals surface area (Å²) in [5.41, 5.74) is 7.71. The Morgan fingerprint density at radius 2 is 1.91 bits per heavy atom. The maximum atomic E-state index is 11.8. The number of ether oxygens (including phenoxy) is 1. The molecule has 0 aromatic heterocycles. The number of hydrogen-bond acceptors (Lipinski definition) is 3. The standard InChI is InChI=1S/C18H18N2O3/c1-12(21)20-9-3-5-13-7-8-16(11-17(13)20)23-15-6-2-4-14(10-15)18(19)22/h2,4,6-8,10-11H,3,5,9H2,1H3,(H2,19,22). The smallest absolute Gasteiger partial charge is 0.248 e. The lowest BCUT2D eigenvalue weighted by Gasteiger charge is -2.28. The first-order valence-electron chi connectivity index (χ1n) is 7.53. The van der Waals surface area contributed by atoms with Gasteiger partial charge in [-0.05, 0) is 42.7 Å². The number of nitrogens with zero attached hydrogens (tertiary/aromatic N) is 1. The summed E-state index contributed by atoms with van der Waals surface area (Å²) in [5.74, 6) is 0.687. The van der Waals surface area contributed by atoms with Crippen LogP contribution in [0.5, 0.6) is 11.5 Å². The second-order valence-corrected chi connectivity index (χ2v) is 5.56. The molecular weight excluding hydrogens is 292 g/mol. The van der Waals surface area contributed by atoms with Gasteiger partial charge in [0.1, 0.15) is 11.5 Å². The highest BCUT2D eigenvalue weighted by atomic mass is 16.5. The second-order valence-electron chi connectivity index (χ2n) is 5.56. The van der Waals surface area contributed by atoms with Gasteiger partial charge in [-0.3, -0.25) is 9.59 Å². The van der Waals surface area contributed by atoms with Gasteiger partial charge in [0.15, 0.2) is 0 Å². The molecule has 2 amide bonds. The maximum absolute atomic E-state index is 11.8. The predicted octanol–water partition coefficient (Wildman–Crippen LogP) is 2.88. The van der Waals surface area contributed by atoms with E-state index in [0.717, 1.165) is 30.6 Å². The molecule has 1 heterocycles. The van der Waals surface area contributed by atoms with E-state index in [-0.39, 0.29) is 5.91 Å². The first-order chi connectivity index (χ1) is 11.0. The summed E-state index contributed by atoms with van der Waals surface area (Å²) in [7, 11) is 0. The number of rotatable bonds is 3. The van der Waals surface area contributed by atoms with Crippen molar-refractivity contribution in [3.63, 3.8) is 0 Å². The van der Waals surface area contributed by atoms with Crippen LogP contribution in [0.2, 0.25) is 0 Å². The van der Waals surface area contributed by atoms with Crippen molar-refractivity contribution in [2.24, 2.45) is 5.73 Å². The number of amides is 2. The zero-order chi connectivity index (χ0) is 16.4. The molecule has 0 atom stereocenters. The fourth-order valence-corrected chi connectivity index (χ4v) is 2.79. The minimum atomic E-state index is -0.497. The van der Waals surface area contributed by atoms with E-state index < -0.39 is 5.91 Å². The van der Waals surface area contributed by atoms with Crippen LogP contribution in [0.3, 0.4) is 0 Å². The van der Waals surface area contributed by atoms with Gasteiger partial charge in [0.05, 0.1) is 5.69 Å². The van der Waals surface area contributed by atoms with Crippen molar-refractivity contribution in [3.05, 3.63) is 53.6 Å². The molecule has 1 aliphatic heterocycles. The molecule has 0 bridgehead atoms. The molecule has 0 aliphatic carbocycles. The number of nitrogens with two attached hydrogens (primary N) is 1. The predicted molar refractivity (Wildman–Crippen MR) is 87.8 cm³/mol. The number of carbonyl (C=O) groups is 2. The zero-order valence-electron chi connectivity index (χ0n) is 12.9. The number of hydrogen-bond donors (Lipinski definition) is 1. The fourth-order valence-electron chi connectivity index (χ4n) is 2.79. The minimum Gasteiger partial charge on any atom is -0.457 e. The molecule has 2 aromatic rings. The molecular formula is C18H18N2O3. The molecule has 2 N–H and O–H groups in total. The lowest BCUT2D eigenvalue weighted by Crippen LogP contribution is -2.33. The molecule has 0 fully saturated rings. The van der Waals surface area contributed by atoms with Crippen LogP contribution in [0.4, 0.5) is 5.69 Å². The number of primary amides is 1. The molecule has 0 radical (unpaired) electrons. The minimum absolute atomic E-state index is 0.0267. The average molecular weight is 310 g/mol. The number of benzene rings is 2. The third kappa shape index (κ3) is 3.18. The van der Waals surface area contributed by atoms with Gasteiger partial charge in [0.2, 0.25) is 11.8 Å². The molecule has 5 nitrogen and oxygen atoms in total. The summed E-state index contributed by atoms with van der Waals surface area (Å²) in [6, 6.07) is 12.4. The van der Waals surface area contributed by atoms with Crippen molar-refractivity contribution in [1.82, 2.24) is 0 Å². The van der Waals surface area contributed by atoms with Crippen molar-refractivity contribution in [3.8, 4) is 11.5 Å². The molecule has 0 saturated heterocycles. The van der Waals surface area contributed by atoms with E-state index in [0.29, 0.717) is 17.1 Å². The van der Waals surface area contributed by atoms with Gasteiger partial charge in [-0.25, -0.2) is 0 Å². The largest absolute Gasteiger partial charge is 0.457 e. The molecule has 23 heavy (non-hydrogen) atoms. The zero-order valence-corrected chi connectivity index (χ0v) is 12.9. The Kier molecular flexibility index (Phi) is 4.02. The Morgan fingerprint density at radius 1 is 1.13 bits per heavy atom. The molecule has 1 aliphatic rings. The van der Waals surface area contributed by atoms with Crippen LogP contribution < -0.4 is 15.4 Å². The first kappa shape index (κ1) is 15.1. The lowest BCUT2D eigenvalue weighted by atomic mass is 10.0. The highest BCUT2D eigenvalue weighted by Gasteiger charge is 2.20. The molecule has 0 saturated carbocycles. The quantitative estimate of drug-likeness (QED) is 0.947. The van der Waals surface area contributed by atoms with Crippen LogP contribution in [-0.2, 0) is 11.2 Å². The molecule has 0 spiro atoms. The number of anilines is 1. The summed E-state index contributed by atoms with van der Waals surface area (Å²) in [5, 5.41) is 0. The van der Waals surface area contributed by atoms with E-state index in [4.69, 9.17) is 10.5 Å². The molecule has 0 unspecified atom stereocenters. The highest BCUT2D eigenvalue weighted by Crippen LogP contribution is 2.33. The van der Waals surface area contributed by atoms with Crippen LogP contribution in [0, 0.1) is 0 Å².